The van der Waals surface area contributed by atoms with Gasteiger partial charge in [-0.15, -0.1) is 0 Å². The van der Waals surface area contributed by atoms with Gasteiger partial charge in [0.2, 0.25) is 0 Å². The smallest absolute Gasteiger partial charge is 0.194 e. The van der Waals surface area contributed by atoms with Crippen molar-refractivity contribution in [3.05, 3.63) is 120 Å². The second kappa shape index (κ2) is 7.59. The number of ether oxygens (including phenoxy) is 2. The van der Waals surface area contributed by atoms with Crippen LogP contribution in [0.25, 0.3) is 39.2 Å². The Bertz CT molecular complexity index is 1900. The molecule has 0 saturated carbocycles. The topological polar surface area (TPSA) is 36.3 Å². The number of nitrogens with zero attached hydrogens (tertiary/aromatic N) is 2. The van der Waals surface area contributed by atoms with Gasteiger partial charge in [0.15, 0.2) is 23.0 Å². The summed E-state index contributed by atoms with van der Waals surface area (Å²) < 4.78 is 15.4. The van der Waals surface area contributed by atoms with Crippen molar-refractivity contribution in [3.8, 4) is 51.2 Å². The highest BCUT2D eigenvalue weighted by molar-refractivity contribution is 5.86. The van der Waals surface area contributed by atoms with Crippen LogP contribution in [0.1, 0.15) is 25.0 Å². The lowest BCUT2D eigenvalue weighted by atomic mass is 9.82. The van der Waals surface area contributed by atoms with Crippen LogP contribution in [0.15, 0.2) is 109 Å². The van der Waals surface area contributed by atoms with Crippen LogP contribution in [-0.2, 0) is 5.41 Å². The molecule has 0 amide bonds. The zero-order chi connectivity index (χ0) is 25.4. The zero-order valence-corrected chi connectivity index (χ0v) is 21.1. The predicted molar refractivity (Wildman–Crippen MR) is 151 cm³/mol. The lowest BCUT2D eigenvalue weighted by molar-refractivity contribution is 0.358. The summed E-state index contributed by atoms with van der Waals surface area (Å²) in [5.41, 5.74) is 8.80. The highest BCUT2D eigenvalue weighted by Gasteiger charge is 2.37. The van der Waals surface area contributed by atoms with Crippen molar-refractivity contribution >= 4 is 11.0 Å². The van der Waals surface area contributed by atoms with Gasteiger partial charge < -0.3 is 9.47 Å². The minimum Gasteiger partial charge on any atom is -0.449 e. The van der Waals surface area contributed by atoms with Crippen molar-refractivity contribution in [1.82, 2.24) is 9.55 Å². The van der Waals surface area contributed by atoms with Crippen LogP contribution < -0.4 is 9.47 Å². The second-order valence-electron chi connectivity index (χ2n) is 10.4. The van der Waals surface area contributed by atoms with E-state index in [1.165, 1.54) is 22.3 Å². The van der Waals surface area contributed by atoms with Gasteiger partial charge in [-0.2, -0.15) is 0 Å². The highest BCUT2D eigenvalue weighted by Crippen LogP contribution is 2.56. The normalized spacial score (nSPS) is 14.2. The van der Waals surface area contributed by atoms with Crippen molar-refractivity contribution in [2.24, 2.45) is 0 Å². The maximum Gasteiger partial charge on any atom is 0.194 e. The number of hydrogen-bond acceptors (Lipinski definition) is 3. The first kappa shape index (κ1) is 21.3. The molecule has 0 atom stereocenters. The molecule has 0 radical (unpaired) electrons. The zero-order valence-electron chi connectivity index (χ0n) is 21.1. The Balaban J connectivity index is 1.33. The standard InChI is InChI=1S/C34H24N2O2/c1-34(2)24-14-7-6-13-22(24)23-19-30-31(20-25(23)34)37-29-18-10-17-28(32(29)38-30)36-27-16-9-8-15-26(27)35-33(36)21-11-4-3-5-12-21/h3-20H,1-2H3. The molecule has 4 nitrogen and oxygen atoms in total. The molecule has 0 saturated heterocycles. The molecule has 38 heavy (non-hydrogen) atoms. The third-order valence-electron chi connectivity index (χ3n) is 7.87. The van der Waals surface area contributed by atoms with E-state index in [1.807, 2.05) is 48.5 Å². The Kier molecular flexibility index (Phi) is 4.25. The molecule has 2 heterocycles. The summed E-state index contributed by atoms with van der Waals surface area (Å²) in [6, 6.07) is 37.4. The Hall–Kier alpha value is -4.83. The summed E-state index contributed by atoms with van der Waals surface area (Å²) in [6.45, 7) is 4.55. The van der Waals surface area contributed by atoms with Gasteiger partial charge >= 0.3 is 0 Å². The number of para-hydroxylation sites is 3. The lowest BCUT2D eigenvalue weighted by Crippen LogP contribution is -2.15. The van der Waals surface area contributed by atoms with E-state index in [-0.39, 0.29) is 5.41 Å². The fraction of sp³-hybridized carbons (Fsp3) is 0.0882. The maximum atomic E-state index is 6.71. The molecule has 5 aromatic carbocycles. The first-order valence-electron chi connectivity index (χ1n) is 12.9. The SMILES string of the molecule is CC1(C)c2ccccc2-c2cc3c(cc21)Oc1cccc(-n2c(-c4ccccc4)nc4ccccc42)c1O3. The maximum absolute atomic E-state index is 6.71. The molecule has 0 N–H and O–H groups in total. The summed E-state index contributed by atoms with van der Waals surface area (Å²) >= 11 is 0. The van der Waals surface area contributed by atoms with Crippen molar-refractivity contribution in [2.75, 3.05) is 0 Å². The van der Waals surface area contributed by atoms with Crippen molar-refractivity contribution in [3.63, 3.8) is 0 Å². The molecule has 0 fully saturated rings. The van der Waals surface area contributed by atoms with Crippen LogP contribution in [0.5, 0.6) is 23.0 Å². The van der Waals surface area contributed by atoms with Crippen LogP contribution in [0.4, 0.5) is 0 Å². The van der Waals surface area contributed by atoms with Crippen LogP contribution in [0, 0.1) is 0 Å². The molecule has 2 aliphatic rings. The monoisotopic (exact) mass is 492 g/mol. The van der Waals surface area contributed by atoms with Crippen molar-refractivity contribution < 1.29 is 9.47 Å². The highest BCUT2D eigenvalue weighted by atomic mass is 16.6. The minimum absolute atomic E-state index is 0.104. The molecule has 4 heteroatoms. The molecule has 0 unspecified atom stereocenters. The number of aromatic nitrogens is 2. The third kappa shape index (κ3) is 2.88. The molecule has 8 rings (SSSR count). The van der Waals surface area contributed by atoms with Crippen LogP contribution >= 0.6 is 0 Å². The molecule has 182 valence electrons. The van der Waals surface area contributed by atoms with Gasteiger partial charge in [0.05, 0.1) is 16.7 Å². The largest absolute Gasteiger partial charge is 0.449 e. The average Bonchev–Trinajstić information content (AvgIpc) is 3.44. The van der Waals surface area contributed by atoms with Gasteiger partial charge in [0.1, 0.15) is 5.82 Å². The van der Waals surface area contributed by atoms with Gasteiger partial charge in [0, 0.05) is 11.0 Å². The van der Waals surface area contributed by atoms with Crippen molar-refractivity contribution in [2.45, 2.75) is 19.3 Å². The van der Waals surface area contributed by atoms with Gasteiger partial charge in [-0.25, -0.2) is 4.98 Å². The van der Waals surface area contributed by atoms with Gasteiger partial charge in [-0.3, -0.25) is 4.57 Å². The van der Waals surface area contributed by atoms with Crippen LogP contribution in [-0.4, -0.2) is 9.55 Å². The molecule has 0 bridgehead atoms. The molecule has 0 spiro atoms. The predicted octanol–water partition coefficient (Wildman–Crippen LogP) is 8.90. The third-order valence-corrected chi connectivity index (χ3v) is 7.87. The van der Waals surface area contributed by atoms with E-state index >= 15 is 0 Å². The summed E-state index contributed by atoms with van der Waals surface area (Å²) in [6.07, 6.45) is 0. The lowest BCUT2D eigenvalue weighted by Gasteiger charge is -2.26. The number of rotatable bonds is 2. The van der Waals surface area contributed by atoms with E-state index in [0.717, 1.165) is 39.6 Å². The van der Waals surface area contributed by atoms with Crippen LogP contribution in [0.3, 0.4) is 0 Å². The van der Waals surface area contributed by atoms with E-state index < -0.39 is 0 Å². The first-order valence-corrected chi connectivity index (χ1v) is 12.9. The van der Waals surface area contributed by atoms with Crippen molar-refractivity contribution in [1.29, 1.82) is 0 Å². The van der Waals surface area contributed by atoms with Crippen LogP contribution in [0.2, 0.25) is 0 Å². The number of benzene rings is 5. The fourth-order valence-corrected chi connectivity index (χ4v) is 6.01. The summed E-state index contributed by atoms with van der Waals surface area (Å²) in [5, 5.41) is 0. The van der Waals surface area contributed by atoms with E-state index in [1.54, 1.807) is 0 Å². The van der Waals surface area contributed by atoms with Gasteiger partial charge in [-0.1, -0.05) is 86.6 Å². The summed E-state index contributed by atoms with van der Waals surface area (Å²) in [7, 11) is 0. The van der Waals surface area contributed by atoms with E-state index in [4.69, 9.17) is 14.5 Å². The number of imidazole rings is 1. The molecular weight excluding hydrogens is 468 g/mol. The van der Waals surface area contributed by atoms with E-state index in [2.05, 4.69) is 79.1 Å². The molecular formula is C34H24N2O2. The molecule has 6 aromatic rings. The molecule has 1 aromatic heterocycles. The number of fused-ring (bicyclic) bond motifs is 6. The van der Waals surface area contributed by atoms with E-state index in [9.17, 15) is 0 Å². The first-order chi connectivity index (χ1) is 18.6. The van der Waals surface area contributed by atoms with Gasteiger partial charge in [0.25, 0.3) is 0 Å². The molecule has 1 aliphatic carbocycles. The average molecular weight is 493 g/mol. The summed E-state index contributed by atoms with van der Waals surface area (Å²) in [4.78, 5) is 5.01. The second-order valence-corrected chi connectivity index (χ2v) is 10.4. The number of hydrogen-bond donors (Lipinski definition) is 0. The Labute approximate surface area is 220 Å². The minimum atomic E-state index is -0.104. The summed E-state index contributed by atoms with van der Waals surface area (Å²) in [5.74, 6) is 3.71. The van der Waals surface area contributed by atoms with E-state index in [0.29, 0.717) is 11.5 Å². The molecule has 1 aliphatic heterocycles. The Morgan fingerprint density at radius 3 is 2.29 bits per heavy atom. The Morgan fingerprint density at radius 2 is 1.39 bits per heavy atom. The van der Waals surface area contributed by atoms with Gasteiger partial charge in [-0.05, 0) is 58.7 Å². The quantitative estimate of drug-likeness (QED) is 0.242. The Morgan fingerprint density at radius 1 is 0.632 bits per heavy atom. The fourth-order valence-electron chi connectivity index (χ4n) is 6.01.